The van der Waals surface area contributed by atoms with Gasteiger partial charge in [-0.1, -0.05) is 6.92 Å². The van der Waals surface area contributed by atoms with Crippen LogP contribution >= 0.6 is 0 Å². The first kappa shape index (κ1) is 9.32. The van der Waals surface area contributed by atoms with E-state index in [9.17, 15) is 4.79 Å². The number of likely N-dealkylation sites (tertiary alicyclic amines) is 1. The van der Waals surface area contributed by atoms with Crippen molar-refractivity contribution in [2.45, 2.75) is 19.4 Å². The molecule has 0 spiro atoms. The van der Waals surface area contributed by atoms with E-state index in [0.29, 0.717) is 12.5 Å². The topological polar surface area (TPSA) is 55.6 Å². The predicted molar refractivity (Wildman–Crippen MR) is 45.7 cm³/mol. The number of methoxy groups -OCH3 is 1. The van der Waals surface area contributed by atoms with E-state index in [-0.39, 0.29) is 12.1 Å². The maximum absolute atomic E-state index is 11.1. The number of hydrogen-bond donors (Lipinski definition) is 1. The Labute approximate surface area is 72.7 Å². The molecule has 1 aliphatic heterocycles. The number of nitrogens with two attached hydrogens (primary N) is 1. The van der Waals surface area contributed by atoms with Gasteiger partial charge in [-0.3, -0.25) is 0 Å². The van der Waals surface area contributed by atoms with Gasteiger partial charge in [0.15, 0.2) is 0 Å². The lowest BCUT2D eigenvalue weighted by Crippen LogP contribution is -2.48. The summed E-state index contributed by atoms with van der Waals surface area (Å²) >= 11 is 0. The van der Waals surface area contributed by atoms with Crippen LogP contribution in [0, 0.1) is 5.92 Å². The van der Waals surface area contributed by atoms with Crippen molar-refractivity contribution in [1.29, 1.82) is 0 Å². The highest BCUT2D eigenvalue weighted by Crippen LogP contribution is 2.15. The second-order valence-corrected chi connectivity index (χ2v) is 3.48. The zero-order valence-electron chi connectivity index (χ0n) is 7.62. The van der Waals surface area contributed by atoms with E-state index < -0.39 is 0 Å². The van der Waals surface area contributed by atoms with Gasteiger partial charge in [0.1, 0.15) is 0 Å². The van der Waals surface area contributed by atoms with Gasteiger partial charge >= 0.3 is 6.09 Å². The third kappa shape index (κ3) is 2.11. The molecule has 0 aromatic rings. The van der Waals surface area contributed by atoms with Crippen LogP contribution in [0.1, 0.15) is 13.3 Å². The summed E-state index contributed by atoms with van der Waals surface area (Å²) in [6, 6.07) is 0.104. The average Bonchev–Trinajstić information content (AvgIpc) is 2.01. The Morgan fingerprint density at radius 3 is 2.75 bits per heavy atom. The van der Waals surface area contributed by atoms with Gasteiger partial charge in [0.25, 0.3) is 0 Å². The van der Waals surface area contributed by atoms with Crippen LogP contribution in [-0.2, 0) is 4.74 Å². The molecule has 2 atom stereocenters. The zero-order valence-corrected chi connectivity index (χ0v) is 7.62. The molecule has 1 amide bonds. The molecule has 2 N–H and O–H groups in total. The highest BCUT2D eigenvalue weighted by molar-refractivity contribution is 5.67. The second-order valence-electron chi connectivity index (χ2n) is 3.48. The molecule has 0 saturated carbocycles. The van der Waals surface area contributed by atoms with Crippen LogP contribution < -0.4 is 5.73 Å². The molecule has 1 heterocycles. The van der Waals surface area contributed by atoms with Gasteiger partial charge in [-0.25, -0.2) is 4.79 Å². The van der Waals surface area contributed by atoms with Crippen LogP contribution in [0.2, 0.25) is 0 Å². The van der Waals surface area contributed by atoms with Gasteiger partial charge in [-0.15, -0.1) is 0 Å². The fraction of sp³-hybridized carbons (Fsp3) is 0.875. The molecule has 1 saturated heterocycles. The van der Waals surface area contributed by atoms with Crippen LogP contribution in [0.25, 0.3) is 0 Å². The van der Waals surface area contributed by atoms with Crippen LogP contribution in [0.3, 0.4) is 0 Å². The number of nitrogens with zero attached hydrogens (tertiary/aromatic N) is 1. The Hall–Kier alpha value is -0.770. The smallest absolute Gasteiger partial charge is 0.409 e. The highest BCUT2D eigenvalue weighted by atomic mass is 16.5. The summed E-state index contributed by atoms with van der Waals surface area (Å²) in [6.45, 7) is 3.48. The summed E-state index contributed by atoms with van der Waals surface area (Å²) in [5, 5.41) is 0. The second kappa shape index (κ2) is 3.76. The van der Waals surface area contributed by atoms with Gasteiger partial charge in [0.2, 0.25) is 0 Å². The number of hydrogen-bond acceptors (Lipinski definition) is 3. The first-order chi connectivity index (χ1) is 5.63. The molecule has 0 aromatic carbocycles. The quantitative estimate of drug-likeness (QED) is 0.576. The first-order valence-electron chi connectivity index (χ1n) is 4.22. The van der Waals surface area contributed by atoms with E-state index in [4.69, 9.17) is 5.73 Å². The van der Waals surface area contributed by atoms with E-state index in [1.54, 1.807) is 4.90 Å². The molecule has 0 aliphatic carbocycles. The summed E-state index contributed by atoms with van der Waals surface area (Å²) in [5.41, 5.74) is 5.76. The molecule has 12 heavy (non-hydrogen) atoms. The predicted octanol–water partition coefficient (Wildman–Crippen LogP) is 0.422. The number of rotatable bonds is 0. The summed E-state index contributed by atoms with van der Waals surface area (Å²) in [5.74, 6) is 0.479. The molecular formula is C8H16N2O2. The van der Waals surface area contributed by atoms with Crippen molar-refractivity contribution >= 4 is 6.09 Å². The number of ether oxygens (including phenoxy) is 1. The Bertz CT molecular complexity index is 162. The minimum absolute atomic E-state index is 0.104. The molecular weight excluding hydrogens is 156 g/mol. The van der Waals surface area contributed by atoms with Crippen LogP contribution in [0.5, 0.6) is 0 Å². The SMILES string of the molecule is COC(=O)N1CC(C)CC(N)C1. The van der Waals surface area contributed by atoms with Crippen molar-refractivity contribution in [3.63, 3.8) is 0 Å². The van der Waals surface area contributed by atoms with E-state index in [2.05, 4.69) is 11.7 Å². The molecule has 4 heteroatoms. The third-order valence-corrected chi connectivity index (χ3v) is 2.12. The van der Waals surface area contributed by atoms with Crippen LogP contribution in [0.15, 0.2) is 0 Å². The van der Waals surface area contributed by atoms with E-state index >= 15 is 0 Å². The van der Waals surface area contributed by atoms with Crippen molar-refractivity contribution in [1.82, 2.24) is 4.90 Å². The standard InChI is InChI=1S/C8H16N2O2/c1-6-3-7(9)5-10(4-6)8(11)12-2/h6-7H,3-5,9H2,1-2H3. The number of amides is 1. The van der Waals surface area contributed by atoms with Gasteiger partial charge in [-0.2, -0.15) is 0 Å². The summed E-state index contributed by atoms with van der Waals surface area (Å²) in [6.07, 6.45) is 0.727. The number of carbonyl (C=O) groups is 1. The maximum Gasteiger partial charge on any atom is 0.409 e. The van der Waals surface area contributed by atoms with Crippen LogP contribution in [-0.4, -0.2) is 37.2 Å². The van der Waals surface area contributed by atoms with E-state index in [0.717, 1.165) is 13.0 Å². The molecule has 1 fully saturated rings. The highest BCUT2D eigenvalue weighted by Gasteiger charge is 2.25. The largest absolute Gasteiger partial charge is 0.453 e. The third-order valence-electron chi connectivity index (χ3n) is 2.12. The summed E-state index contributed by atoms with van der Waals surface area (Å²) in [4.78, 5) is 12.8. The Kier molecular flexibility index (Phi) is 2.92. The molecule has 70 valence electrons. The molecule has 1 rings (SSSR count). The lowest BCUT2D eigenvalue weighted by molar-refractivity contribution is 0.0990. The zero-order chi connectivity index (χ0) is 9.14. The fourth-order valence-corrected chi connectivity index (χ4v) is 1.68. The van der Waals surface area contributed by atoms with E-state index in [1.165, 1.54) is 7.11 Å². The van der Waals surface area contributed by atoms with Crippen LogP contribution in [0.4, 0.5) is 4.79 Å². The number of piperidine rings is 1. The molecule has 4 nitrogen and oxygen atoms in total. The van der Waals surface area contributed by atoms with Gasteiger partial charge < -0.3 is 15.4 Å². The lowest BCUT2D eigenvalue weighted by atomic mass is 9.97. The van der Waals surface area contributed by atoms with Crippen molar-refractivity contribution in [2.24, 2.45) is 11.7 Å². The molecule has 0 radical (unpaired) electrons. The minimum atomic E-state index is -0.267. The average molecular weight is 172 g/mol. The minimum Gasteiger partial charge on any atom is -0.453 e. The normalized spacial score (nSPS) is 30.1. The Balaban J connectivity index is 2.49. The Morgan fingerprint density at radius 2 is 2.25 bits per heavy atom. The molecule has 1 aliphatic rings. The summed E-state index contributed by atoms with van der Waals surface area (Å²) in [7, 11) is 1.40. The van der Waals surface area contributed by atoms with Crippen molar-refractivity contribution in [3.05, 3.63) is 0 Å². The maximum atomic E-state index is 11.1. The number of carbonyl (C=O) groups excluding carboxylic acids is 1. The van der Waals surface area contributed by atoms with Gasteiger partial charge in [-0.05, 0) is 12.3 Å². The molecule has 2 unspecified atom stereocenters. The monoisotopic (exact) mass is 172 g/mol. The Morgan fingerprint density at radius 1 is 1.58 bits per heavy atom. The van der Waals surface area contributed by atoms with Gasteiger partial charge in [0, 0.05) is 19.1 Å². The van der Waals surface area contributed by atoms with Gasteiger partial charge in [0.05, 0.1) is 7.11 Å². The van der Waals surface area contributed by atoms with Crippen molar-refractivity contribution < 1.29 is 9.53 Å². The molecule has 0 bridgehead atoms. The molecule has 0 aromatic heterocycles. The summed E-state index contributed by atoms with van der Waals surface area (Å²) < 4.78 is 4.62. The lowest BCUT2D eigenvalue weighted by Gasteiger charge is -2.33. The van der Waals surface area contributed by atoms with E-state index in [1.807, 2.05) is 0 Å². The van der Waals surface area contributed by atoms with Crippen molar-refractivity contribution in [3.8, 4) is 0 Å². The first-order valence-corrected chi connectivity index (χ1v) is 4.22. The fourth-order valence-electron chi connectivity index (χ4n) is 1.68. The van der Waals surface area contributed by atoms with Crippen molar-refractivity contribution in [2.75, 3.05) is 20.2 Å².